The lowest BCUT2D eigenvalue weighted by Gasteiger charge is -2.32. The van der Waals surface area contributed by atoms with Crippen molar-refractivity contribution in [3.05, 3.63) is 115 Å². The molecule has 3 aromatic rings. The largest absolute Gasteiger partial charge is 0.303 e. The molecular formula is C39H41N3. The second-order valence-corrected chi connectivity index (χ2v) is 12.9. The highest BCUT2D eigenvalue weighted by Crippen LogP contribution is 2.36. The molecule has 0 spiro atoms. The van der Waals surface area contributed by atoms with E-state index in [9.17, 15) is 0 Å². The topological polar surface area (TPSA) is 28.0 Å². The van der Waals surface area contributed by atoms with E-state index in [4.69, 9.17) is 9.98 Å². The van der Waals surface area contributed by atoms with Crippen LogP contribution in [0, 0.1) is 16.4 Å². The summed E-state index contributed by atoms with van der Waals surface area (Å²) in [6.07, 6.45) is 15.0. The van der Waals surface area contributed by atoms with Gasteiger partial charge in [0.2, 0.25) is 0 Å². The standard InChI is InChI=1S/C39H41N3/c1-2-10-26-15-16-32-33(39(26)37-24-36-34(25-40-37)30-13-6-7-14-35(30)41-36)18-17-31-29-12-5-4-11-27(29)23-28(38(31)32)19-22-42-20-8-3-9-21-42/h4-7,11-14,17-18,23-24,26,28H,2-3,8-10,15-16,19-22,25H2,1H3. The van der Waals surface area contributed by atoms with E-state index in [-0.39, 0.29) is 0 Å². The molecule has 3 heteroatoms. The molecule has 2 atom stereocenters. The zero-order chi connectivity index (χ0) is 28.0. The first kappa shape index (κ1) is 26.1. The number of allylic oxidation sites excluding steroid dienone is 1. The van der Waals surface area contributed by atoms with Gasteiger partial charge in [-0.15, -0.1) is 0 Å². The number of benzene rings is 3. The Morgan fingerprint density at radius 3 is 2.52 bits per heavy atom. The maximum atomic E-state index is 5.28. The van der Waals surface area contributed by atoms with Gasteiger partial charge < -0.3 is 4.90 Å². The van der Waals surface area contributed by atoms with Crippen LogP contribution in [0.1, 0.15) is 68.9 Å². The van der Waals surface area contributed by atoms with Crippen molar-refractivity contribution in [3.63, 3.8) is 0 Å². The van der Waals surface area contributed by atoms with Gasteiger partial charge in [0.05, 0.1) is 23.3 Å². The molecule has 0 amide bonds. The number of nitrogens with zero attached hydrogens (tertiary/aromatic N) is 3. The summed E-state index contributed by atoms with van der Waals surface area (Å²) in [6, 6.07) is 22.5. The van der Waals surface area contributed by atoms with Gasteiger partial charge in [-0.05, 0) is 114 Å². The zero-order valence-electron chi connectivity index (χ0n) is 24.9. The minimum atomic E-state index is 0.460. The molecule has 8 rings (SSSR count). The molecular weight excluding hydrogens is 510 g/mol. The number of likely N-dealkylation sites (tertiary alicyclic amines) is 1. The quantitative estimate of drug-likeness (QED) is 0.421. The van der Waals surface area contributed by atoms with Crippen molar-refractivity contribution in [1.82, 2.24) is 4.90 Å². The fourth-order valence-corrected chi connectivity index (χ4v) is 8.38. The molecule has 3 heterocycles. The van der Waals surface area contributed by atoms with Crippen molar-refractivity contribution >= 4 is 22.9 Å². The van der Waals surface area contributed by atoms with Crippen LogP contribution in [0.5, 0.6) is 0 Å². The van der Waals surface area contributed by atoms with Crippen LogP contribution >= 0.6 is 0 Å². The van der Waals surface area contributed by atoms with Crippen LogP contribution in [0.2, 0.25) is 0 Å². The summed E-state index contributed by atoms with van der Waals surface area (Å²) in [5, 5.41) is 8.08. The van der Waals surface area contributed by atoms with Gasteiger partial charge in [0, 0.05) is 16.7 Å². The van der Waals surface area contributed by atoms with E-state index in [1.54, 1.807) is 11.1 Å². The third-order valence-corrected chi connectivity index (χ3v) is 10.4. The second-order valence-electron chi connectivity index (χ2n) is 12.9. The van der Waals surface area contributed by atoms with Crippen molar-refractivity contribution in [2.75, 3.05) is 26.2 Å². The van der Waals surface area contributed by atoms with E-state index in [1.165, 1.54) is 114 Å². The van der Waals surface area contributed by atoms with Gasteiger partial charge in [0.15, 0.2) is 0 Å². The Hall–Kier alpha value is -3.56. The zero-order valence-corrected chi connectivity index (χ0v) is 24.9. The lowest BCUT2D eigenvalue weighted by molar-refractivity contribution is 0.224. The Morgan fingerprint density at radius 1 is 0.833 bits per heavy atom. The molecule has 212 valence electrons. The number of para-hydroxylation sites is 1. The average molecular weight is 552 g/mol. The molecule has 5 aliphatic rings. The van der Waals surface area contributed by atoms with Gasteiger partial charge in [0.1, 0.15) is 0 Å². The first-order valence-electron chi connectivity index (χ1n) is 16.4. The molecule has 1 fully saturated rings. The molecule has 3 aliphatic heterocycles. The highest BCUT2D eigenvalue weighted by molar-refractivity contribution is 6.27. The maximum absolute atomic E-state index is 5.28. The Bertz CT molecular complexity index is 1970. The molecule has 2 aliphatic carbocycles. The van der Waals surface area contributed by atoms with Gasteiger partial charge in [-0.25, -0.2) is 4.99 Å². The summed E-state index contributed by atoms with van der Waals surface area (Å²) in [6.45, 7) is 6.79. The second kappa shape index (κ2) is 10.9. The minimum absolute atomic E-state index is 0.460. The number of hydrogen-bond donors (Lipinski definition) is 0. The third kappa shape index (κ3) is 4.45. The van der Waals surface area contributed by atoms with Crippen molar-refractivity contribution in [2.24, 2.45) is 15.9 Å². The van der Waals surface area contributed by atoms with Crippen LogP contribution in [0.3, 0.4) is 0 Å². The van der Waals surface area contributed by atoms with Gasteiger partial charge in [-0.2, -0.15) is 0 Å². The molecule has 2 unspecified atom stereocenters. The number of fused-ring (bicyclic) bond motifs is 6. The van der Waals surface area contributed by atoms with E-state index in [0.717, 1.165) is 17.6 Å². The Kier molecular flexibility index (Phi) is 6.79. The SMILES string of the molecule is CCCC1CCc2c3c(ccc2=C1C1=NCC2=c4ccccc4=NC2=C1)=c1ccccc1=CC3CCN1CCCCC1. The molecule has 0 radical (unpaired) electrons. The number of piperidine rings is 1. The van der Waals surface area contributed by atoms with E-state index in [0.29, 0.717) is 11.8 Å². The van der Waals surface area contributed by atoms with E-state index in [2.05, 4.69) is 84.6 Å². The monoisotopic (exact) mass is 551 g/mol. The molecule has 0 N–H and O–H groups in total. The molecule has 3 aromatic carbocycles. The summed E-state index contributed by atoms with van der Waals surface area (Å²) in [7, 11) is 0. The summed E-state index contributed by atoms with van der Waals surface area (Å²) in [4.78, 5) is 13.0. The Balaban J connectivity index is 1.30. The maximum Gasteiger partial charge on any atom is 0.0716 e. The van der Waals surface area contributed by atoms with Crippen molar-refractivity contribution in [3.8, 4) is 0 Å². The van der Waals surface area contributed by atoms with Crippen LogP contribution in [0.15, 0.2) is 82.4 Å². The van der Waals surface area contributed by atoms with E-state index >= 15 is 0 Å². The van der Waals surface area contributed by atoms with E-state index in [1.807, 2.05) is 0 Å². The highest BCUT2D eigenvalue weighted by Gasteiger charge is 2.30. The van der Waals surface area contributed by atoms with Gasteiger partial charge >= 0.3 is 0 Å². The third-order valence-electron chi connectivity index (χ3n) is 10.4. The minimum Gasteiger partial charge on any atom is -0.303 e. The lowest BCUT2D eigenvalue weighted by atomic mass is 9.74. The molecule has 1 saturated heterocycles. The number of aliphatic imine (C=N–C) groups is 1. The van der Waals surface area contributed by atoms with Crippen LogP contribution < -0.4 is 21.0 Å². The number of dihydropyridines is 1. The summed E-state index contributed by atoms with van der Waals surface area (Å²) >= 11 is 0. The lowest BCUT2D eigenvalue weighted by Crippen LogP contribution is -2.33. The number of rotatable bonds is 6. The smallest absolute Gasteiger partial charge is 0.0716 e. The van der Waals surface area contributed by atoms with Crippen molar-refractivity contribution < 1.29 is 0 Å². The van der Waals surface area contributed by atoms with Gasteiger partial charge in [-0.1, -0.05) is 80.4 Å². The molecule has 0 bridgehead atoms. The van der Waals surface area contributed by atoms with Crippen molar-refractivity contribution in [1.29, 1.82) is 0 Å². The first-order chi connectivity index (χ1) is 20.8. The van der Waals surface area contributed by atoms with Crippen LogP contribution in [0.25, 0.3) is 17.2 Å². The van der Waals surface area contributed by atoms with Crippen LogP contribution in [-0.2, 0) is 6.42 Å². The summed E-state index contributed by atoms with van der Waals surface area (Å²) < 4.78 is 0. The first-order valence-corrected chi connectivity index (χ1v) is 16.4. The normalized spacial score (nSPS) is 22.5. The van der Waals surface area contributed by atoms with Gasteiger partial charge in [0.25, 0.3) is 0 Å². The Morgan fingerprint density at radius 2 is 1.64 bits per heavy atom. The van der Waals surface area contributed by atoms with Gasteiger partial charge in [-0.3, -0.25) is 4.99 Å². The van der Waals surface area contributed by atoms with E-state index < -0.39 is 0 Å². The molecule has 3 nitrogen and oxygen atoms in total. The highest BCUT2D eigenvalue weighted by atomic mass is 15.1. The molecule has 0 aromatic heterocycles. The molecule has 0 saturated carbocycles. The van der Waals surface area contributed by atoms with Crippen LogP contribution in [0.4, 0.5) is 0 Å². The average Bonchev–Trinajstić information content (AvgIpc) is 3.41. The molecule has 42 heavy (non-hydrogen) atoms. The number of hydrogen-bond acceptors (Lipinski definition) is 3. The predicted molar refractivity (Wildman–Crippen MR) is 173 cm³/mol. The summed E-state index contributed by atoms with van der Waals surface area (Å²) in [5.74, 6) is 1.01. The summed E-state index contributed by atoms with van der Waals surface area (Å²) in [5.41, 5.74) is 8.25. The fraction of sp³-hybridized carbons (Fsp3) is 0.385. The Labute approximate surface area is 248 Å². The predicted octanol–water partition coefficient (Wildman–Crippen LogP) is 5.06. The van der Waals surface area contributed by atoms with Crippen LogP contribution in [-0.4, -0.2) is 36.8 Å². The van der Waals surface area contributed by atoms with Crippen molar-refractivity contribution in [2.45, 2.75) is 64.2 Å². The fourth-order valence-electron chi connectivity index (χ4n) is 8.38.